The zero-order chi connectivity index (χ0) is 22.7. The van der Waals surface area contributed by atoms with Crippen molar-refractivity contribution in [2.24, 2.45) is 0 Å². The first-order chi connectivity index (χ1) is 14.8. The highest BCUT2D eigenvalue weighted by Gasteiger charge is 2.47. The molecule has 1 aromatic carbocycles. The van der Waals surface area contributed by atoms with Gasteiger partial charge in [-0.3, -0.25) is 0 Å². The van der Waals surface area contributed by atoms with Gasteiger partial charge in [-0.25, -0.2) is 0 Å². The van der Waals surface area contributed by atoms with E-state index in [0.717, 1.165) is 0 Å². The van der Waals surface area contributed by atoms with Crippen LogP contribution in [0.4, 0.5) is 0 Å². The predicted octanol–water partition coefficient (Wildman–Crippen LogP) is -2.65. The minimum absolute atomic E-state index is 0.244. The third-order valence-corrected chi connectivity index (χ3v) is 5.20. The molecule has 0 unspecified atom stereocenters. The molecule has 9 atom stereocenters. The van der Waals surface area contributed by atoms with Crippen molar-refractivity contribution in [1.82, 2.24) is 0 Å². The molecule has 6 N–H and O–H groups in total. The normalized spacial score (nSPS) is 38.1. The third-order valence-electron chi connectivity index (χ3n) is 5.20. The molecule has 0 spiro atoms. The molecule has 2 saturated heterocycles. The Hall–Kier alpha value is -1.74. The standard InChI is InChI=1S/C19H28O12/c1-26-9-4-3-8(5-10(9)27-2)29-19-17(25)15(23)14(22)12(31-19)7-28-18-16(24)13(21)11(6-20)30-18/h3-5,11-25H,6-7H2,1-2H3/t11-,12+,13-,14-,15-,16+,17+,18+,19+/m0/s1. The van der Waals surface area contributed by atoms with Gasteiger partial charge in [-0.2, -0.15) is 0 Å². The Labute approximate surface area is 178 Å². The van der Waals surface area contributed by atoms with E-state index in [1.807, 2.05) is 0 Å². The monoisotopic (exact) mass is 448 g/mol. The maximum absolute atomic E-state index is 10.3. The number of rotatable bonds is 8. The summed E-state index contributed by atoms with van der Waals surface area (Å²) in [5.41, 5.74) is 0. The van der Waals surface area contributed by atoms with Crippen molar-refractivity contribution in [2.45, 2.75) is 55.3 Å². The van der Waals surface area contributed by atoms with E-state index < -0.39 is 61.9 Å². The Kier molecular flexibility index (Phi) is 7.91. The molecule has 0 radical (unpaired) electrons. The summed E-state index contributed by atoms with van der Waals surface area (Å²) in [7, 11) is 2.92. The number of hydrogen-bond donors (Lipinski definition) is 6. The summed E-state index contributed by atoms with van der Waals surface area (Å²) < 4.78 is 32.1. The number of hydrogen-bond acceptors (Lipinski definition) is 12. The molecule has 2 fully saturated rings. The number of aliphatic hydroxyl groups excluding tert-OH is 6. The molecule has 0 saturated carbocycles. The first kappa shape index (κ1) is 23.9. The van der Waals surface area contributed by atoms with Gasteiger partial charge in [-0.1, -0.05) is 0 Å². The van der Waals surface area contributed by atoms with Crippen LogP contribution in [0.15, 0.2) is 18.2 Å². The summed E-state index contributed by atoms with van der Waals surface area (Å²) in [6.45, 7) is -0.893. The largest absolute Gasteiger partial charge is 0.493 e. The number of aliphatic hydroxyl groups is 6. The SMILES string of the molecule is COc1ccc(O[C@@H]2O[C@H](CO[C@@H]3O[C@@H](CO)[C@H](O)[C@H]3O)[C@H](O)[C@H](O)[C@H]2O)cc1OC. The fourth-order valence-corrected chi connectivity index (χ4v) is 3.37. The minimum Gasteiger partial charge on any atom is -0.493 e. The average molecular weight is 448 g/mol. The van der Waals surface area contributed by atoms with Gasteiger partial charge in [-0.15, -0.1) is 0 Å². The number of ether oxygens (including phenoxy) is 6. The molecule has 0 amide bonds. The maximum Gasteiger partial charge on any atom is 0.229 e. The van der Waals surface area contributed by atoms with Gasteiger partial charge in [-0.05, 0) is 12.1 Å². The van der Waals surface area contributed by atoms with Gasteiger partial charge in [0.15, 0.2) is 17.8 Å². The van der Waals surface area contributed by atoms with Crippen LogP contribution < -0.4 is 14.2 Å². The highest BCUT2D eigenvalue weighted by Crippen LogP contribution is 2.33. The van der Waals surface area contributed by atoms with Crippen molar-refractivity contribution in [3.63, 3.8) is 0 Å². The second kappa shape index (κ2) is 10.3. The molecule has 2 aliphatic rings. The molecular formula is C19H28O12. The molecule has 12 nitrogen and oxygen atoms in total. The van der Waals surface area contributed by atoms with Crippen LogP contribution in [0.5, 0.6) is 17.2 Å². The molecule has 0 aliphatic carbocycles. The van der Waals surface area contributed by atoms with E-state index >= 15 is 0 Å². The Balaban J connectivity index is 1.65. The molecular weight excluding hydrogens is 420 g/mol. The predicted molar refractivity (Wildman–Crippen MR) is 101 cm³/mol. The lowest BCUT2D eigenvalue weighted by molar-refractivity contribution is -0.290. The lowest BCUT2D eigenvalue weighted by atomic mass is 9.99. The van der Waals surface area contributed by atoms with Crippen molar-refractivity contribution in [3.8, 4) is 17.2 Å². The Morgan fingerprint density at radius 3 is 2.00 bits per heavy atom. The highest BCUT2D eigenvalue weighted by atomic mass is 16.7. The van der Waals surface area contributed by atoms with Gasteiger partial charge >= 0.3 is 0 Å². The minimum atomic E-state index is -1.61. The smallest absolute Gasteiger partial charge is 0.229 e. The maximum atomic E-state index is 10.3. The third kappa shape index (κ3) is 5.03. The quantitative estimate of drug-likeness (QED) is 0.244. The van der Waals surface area contributed by atoms with Crippen LogP contribution in [-0.4, -0.2) is 113 Å². The molecule has 0 aromatic heterocycles. The van der Waals surface area contributed by atoms with Gasteiger partial charge in [0.25, 0.3) is 0 Å². The topological polar surface area (TPSA) is 177 Å². The Bertz CT molecular complexity index is 717. The van der Waals surface area contributed by atoms with Crippen LogP contribution >= 0.6 is 0 Å². The molecule has 0 bridgehead atoms. The van der Waals surface area contributed by atoms with Crippen molar-refractivity contribution in [1.29, 1.82) is 0 Å². The summed E-state index contributed by atoms with van der Waals surface area (Å²) in [5.74, 6) is 1.07. The van der Waals surface area contributed by atoms with E-state index in [0.29, 0.717) is 11.5 Å². The second-order valence-corrected chi connectivity index (χ2v) is 7.19. The van der Waals surface area contributed by atoms with Crippen molar-refractivity contribution in [2.75, 3.05) is 27.4 Å². The zero-order valence-electron chi connectivity index (χ0n) is 17.0. The van der Waals surface area contributed by atoms with Crippen LogP contribution in [0.3, 0.4) is 0 Å². The lowest BCUT2D eigenvalue weighted by Gasteiger charge is -2.40. The van der Waals surface area contributed by atoms with E-state index in [1.165, 1.54) is 20.3 Å². The zero-order valence-corrected chi connectivity index (χ0v) is 17.0. The Morgan fingerprint density at radius 2 is 1.39 bits per heavy atom. The van der Waals surface area contributed by atoms with Gasteiger partial charge in [0.2, 0.25) is 6.29 Å². The van der Waals surface area contributed by atoms with Crippen LogP contribution in [0.1, 0.15) is 0 Å². The highest BCUT2D eigenvalue weighted by molar-refractivity contribution is 5.45. The lowest BCUT2D eigenvalue weighted by Crippen LogP contribution is -2.60. The van der Waals surface area contributed by atoms with Gasteiger partial charge < -0.3 is 59.1 Å². The number of benzene rings is 1. The average Bonchev–Trinajstić information content (AvgIpc) is 3.06. The van der Waals surface area contributed by atoms with Crippen LogP contribution in [0.25, 0.3) is 0 Å². The van der Waals surface area contributed by atoms with E-state index in [1.54, 1.807) is 12.1 Å². The first-order valence-corrected chi connectivity index (χ1v) is 9.63. The van der Waals surface area contributed by atoms with Crippen LogP contribution in [-0.2, 0) is 14.2 Å². The van der Waals surface area contributed by atoms with E-state index in [4.69, 9.17) is 33.5 Å². The van der Waals surface area contributed by atoms with Crippen LogP contribution in [0.2, 0.25) is 0 Å². The van der Waals surface area contributed by atoms with E-state index in [9.17, 15) is 25.5 Å². The van der Waals surface area contributed by atoms with Gasteiger partial charge in [0, 0.05) is 6.07 Å². The molecule has 1 aromatic rings. The van der Waals surface area contributed by atoms with E-state index in [2.05, 4.69) is 0 Å². The van der Waals surface area contributed by atoms with Gasteiger partial charge in [0.05, 0.1) is 27.4 Å². The number of methoxy groups -OCH3 is 2. The molecule has 12 heteroatoms. The summed E-state index contributed by atoms with van der Waals surface area (Å²) in [6, 6.07) is 4.62. The van der Waals surface area contributed by atoms with Crippen molar-refractivity contribution < 1.29 is 59.1 Å². The summed E-state index contributed by atoms with van der Waals surface area (Å²) in [6.07, 6.45) is -12.3. The summed E-state index contributed by atoms with van der Waals surface area (Å²) >= 11 is 0. The van der Waals surface area contributed by atoms with Crippen molar-refractivity contribution >= 4 is 0 Å². The summed E-state index contributed by atoms with van der Waals surface area (Å²) in [5, 5.41) is 59.5. The fourth-order valence-electron chi connectivity index (χ4n) is 3.37. The second-order valence-electron chi connectivity index (χ2n) is 7.19. The Morgan fingerprint density at radius 1 is 0.774 bits per heavy atom. The first-order valence-electron chi connectivity index (χ1n) is 9.63. The molecule has 176 valence electrons. The van der Waals surface area contributed by atoms with Crippen molar-refractivity contribution in [3.05, 3.63) is 18.2 Å². The van der Waals surface area contributed by atoms with Gasteiger partial charge in [0.1, 0.15) is 48.5 Å². The molecule has 31 heavy (non-hydrogen) atoms. The molecule has 3 rings (SSSR count). The van der Waals surface area contributed by atoms with Crippen LogP contribution in [0, 0.1) is 0 Å². The fraction of sp³-hybridized carbons (Fsp3) is 0.684. The molecule has 2 heterocycles. The summed E-state index contributed by atoms with van der Waals surface area (Å²) in [4.78, 5) is 0. The molecule has 2 aliphatic heterocycles. The van der Waals surface area contributed by atoms with E-state index in [-0.39, 0.29) is 12.4 Å².